The van der Waals surface area contributed by atoms with Gasteiger partial charge >= 0.3 is 0 Å². The minimum Gasteiger partial charge on any atom is -0.497 e. The fourth-order valence-corrected chi connectivity index (χ4v) is 2.03. The van der Waals surface area contributed by atoms with Crippen LogP contribution in [-0.4, -0.2) is 52.5 Å². The lowest BCUT2D eigenvalue weighted by atomic mass is 10.3. The minimum atomic E-state index is -0.235. The number of aliphatic hydroxyl groups is 1. The fourth-order valence-electron chi connectivity index (χ4n) is 2.03. The predicted molar refractivity (Wildman–Crippen MR) is 83.3 cm³/mol. The quantitative estimate of drug-likeness (QED) is 0.787. The van der Waals surface area contributed by atoms with Crippen LogP contribution in [0.1, 0.15) is 10.5 Å². The van der Waals surface area contributed by atoms with E-state index in [9.17, 15) is 4.79 Å². The highest BCUT2D eigenvalue weighted by Gasteiger charge is 2.17. The third-order valence-electron chi connectivity index (χ3n) is 3.15. The van der Waals surface area contributed by atoms with Crippen LogP contribution in [0.4, 0.5) is 0 Å². The number of amides is 1. The summed E-state index contributed by atoms with van der Waals surface area (Å²) < 4.78 is 6.73. The summed E-state index contributed by atoms with van der Waals surface area (Å²) in [6.07, 6.45) is 3.34. The number of methoxy groups -OCH3 is 1. The molecular weight excluding hydrogens is 282 g/mol. The van der Waals surface area contributed by atoms with Crippen LogP contribution in [0, 0.1) is 0 Å². The smallest absolute Gasteiger partial charge is 0.274 e. The molecule has 1 aromatic heterocycles. The zero-order chi connectivity index (χ0) is 15.9. The molecule has 2 rings (SSSR count). The van der Waals surface area contributed by atoms with Gasteiger partial charge in [0.1, 0.15) is 5.75 Å². The summed E-state index contributed by atoms with van der Waals surface area (Å²) in [5, 5.41) is 13.3. The Balaban J connectivity index is 2.18. The van der Waals surface area contributed by atoms with Gasteiger partial charge in [0.2, 0.25) is 0 Å². The zero-order valence-electron chi connectivity index (χ0n) is 12.5. The van der Waals surface area contributed by atoms with Crippen LogP contribution in [0.2, 0.25) is 0 Å². The van der Waals surface area contributed by atoms with Crippen LogP contribution in [0.25, 0.3) is 5.69 Å². The van der Waals surface area contributed by atoms with Crippen LogP contribution >= 0.6 is 0 Å². The summed E-state index contributed by atoms with van der Waals surface area (Å²) in [7, 11) is 1.61. The van der Waals surface area contributed by atoms with E-state index in [1.807, 2.05) is 24.3 Å². The molecule has 0 atom stereocenters. The topological polar surface area (TPSA) is 67.6 Å². The lowest BCUT2D eigenvalue weighted by Gasteiger charge is -2.18. The molecule has 6 heteroatoms. The number of nitrogens with zero attached hydrogens (tertiary/aromatic N) is 3. The van der Waals surface area contributed by atoms with Crippen molar-refractivity contribution >= 4 is 5.91 Å². The molecule has 116 valence electrons. The molecule has 0 saturated carbocycles. The molecule has 1 amide bonds. The Bertz CT molecular complexity index is 634. The number of carbonyl (C=O) groups excluding carboxylic acids is 1. The molecular formula is C16H19N3O3. The van der Waals surface area contributed by atoms with Gasteiger partial charge in [-0.3, -0.25) is 4.79 Å². The minimum absolute atomic E-state index is 0.0984. The first kappa shape index (κ1) is 15.8. The number of rotatable bonds is 7. The molecule has 0 spiro atoms. The predicted octanol–water partition coefficient (Wildman–Crippen LogP) is 1.50. The summed E-state index contributed by atoms with van der Waals surface area (Å²) in [5.41, 5.74) is 1.16. The average Bonchev–Trinajstić information content (AvgIpc) is 3.04. The van der Waals surface area contributed by atoms with Gasteiger partial charge in [-0.05, 0) is 30.3 Å². The van der Waals surface area contributed by atoms with Crippen molar-refractivity contribution < 1.29 is 14.6 Å². The summed E-state index contributed by atoms with van der Waals surface area (Å²) in [4.78, 5) is 13.8. The first-order chi connectivity index (χ1) is 10.7. The Kier molecular flexibility index (Phi) is 5.32. The average molecular weight is 301 g/mol. The number of ether oxygens (including phenoxy) is 1. The highest BCUT2D eigenvalue weighted by molar-refractivity contribution is 5.92. The van der Waals surface area contributed by atoms with Gasteiger partial charge in [0.25, 0.3) is 5.91 Å². The number of aromatic nitrogens is 2. The standard InChI is InChI=1S/C16H19N3O3/c1-3-9-18(11-12-20)16(21)15-8-10-19(17-15)13-4-6-14(22-2)7-5-13/h3-8,10,20H,1,9,11-12H2,2H3. The van der Waals surface area contributed by atoms with Gasteiger partial charge in [-0.2, -0.15) is 5.10 Å². The van der Waals surface area contributed by atoms with Gasteiger partial charge in [-0.1, -0.05) is 6.08 Å². The monoisotopic (exact) mass is 301 g/mol. The van der Waals surface area contributed by atoms with Crippen molar-refractivity contribution in [1.29, 1.82) is 0 Å². The summed E-state index contributed by atoms with van der Waals surface area (Å²) >= 11 is 0. The van der Waals surface area contributed by atoms with E-state index >= 15 is 0 Å². The van der Waals surface area contributed by atoms with Crippen LogP contribution in [0.15, 0.2) is 49.2 Å². The van der Waals surface area contributed by atoms with Crippen molar-refractivity contribution in [3.63, 3.8) is 0 Å². The number of carbonyl (C=O) groups is 1. The van der Waals surface area contributed by atoms with Gasteiger partial charge in [-0.25, -0.2) is 4.68 Å². The van der Waals surface area contributed by atoms with Gasteiger partial charge in [0, 0.05) is 19.3 Å². The van der Waals surface area contributed by atoms with E-state index in [0.717, 1.165) is 11.4 Å². The fraction of sp³-hybridized carbons (Fsp3) is 0.250. The van der Waals surface area contributed by atoms with Gasteiger partial charge in [-0.15, -0.1) is 6.58 Å². The van der Waals surface area contributed by atoms with Crippen molar-refractivity contribution in [3.05, 3.63) is 54.9 Å². The molecule has 22 heavy (non-hydrogen) atoms. The van der Waals surface area contributed by atoms with Gasteiger partial charge in [0.05, 0.1) is 19.4 Å². The van der Waals surface area contributed by atoms with E-state index in [-0.39, 0.29) is 19.1 Å². The van der Waals surface area contributed by atoms with E-state index in [2.05, 4.69) is 11.7 Å². The maximum absolute atomic E-state index is 12.3. The lowest BCUT2D eigenvalue weighted by Crippen LogP contribution is -2.34. The van der Waals surface area contributed by atoms with Crippen molar-refractivity contribution in [1.82, 2.24) is 14.7 Å². The Morgan fingerprint density at radius 3 is 2.73 bits per heavy atom. The molecule has 0 aliphatic rings. The number of hydrogen-bond acceptors (Lipinski definition) is 4. The van der Waals surface area contributed by atoms with Crippen LogP contribution < -0.4 is 4.74 Å². The molecule has 0 saturated heterocycles. The van der Waals surface area contributed by atoms with Crippen molar-refractivity contribution in [3.8, 4) is 11.4 Å². The summed E-state index contributed by atoms with van der Waals surface area (Å²) in [6.45, 7) is 4.14. The van der Waals surface area contributed by atoms with Gasteiger partial charge < -0.3 is 14.7 Å². The largest absolute Gasteiger partial charge is 0.497 e. The van der Waals surface area contributed by atoms with E-state index in [4.69, 9.17) is 9.84 Å². The van der Waals surface area contributed by atoms with Crippen LogP contribution in [0.5, 0.6) is 5.75 Å². The molecule has 0 aliphatic heterocycles. The normalized spacial score (nSPS) is 10.3. The highest BCUT2D eigenvalue weighted by atomic mass is 16.5. The molecule has 0 bridgehead atoms. The third kappa shape index (κ3) is 3.53. The molecule has 0 radical (unpaired) electrons. The van der Waals surface area contributed by atoms with Gasteiger partial charge in [0.15, 0.2) is 5.69 Å². The maximum atomic E-state index is 12.3. The lowest BCUT2D eigenvalue weighted by molar-refractivity contribution is 0.0736. The second kappa shape index (κ2) is 7.42. The summed E-state index contributed by atoms with van der Waals surface area (Å²) in [5.74, 6) is 0.522. The van der Waals surface area contributed by atoms with E-state index in [1.165, 1.54) is 4.90 Å². The first-order valence-corrected chi connectivity index (χ1v) is 6.90. The Hall–Kier alpha value is -2.60. The van der Waals surface area contributed by atoms with Crippen LogP contribution in [0.3, 0.4) is 0 Å². The SMILES string of the molecule is C=CCN(CCO)C(=O)c1ccn(-c2ccc(OC)cc2)n1. The number of aliphatic hydroxyl groups excluding tert-OH is 1. The van der Waals surface area contributed by atoms with Crippen molar-refractivity contribution in [2.45, 2.75) is 0 Å². The number of benzene rings is 1. The van der Waals surface area contributed by atoms with E-state index in [1.54, 1.807) is 30.1 Å². The molecule has 6 nitrogen and oxygen atoms in total. The molecule has 0 aliphatic carbocycles. The highest BCUT2D eigenvalue weighted by Crippen LogP contribution is 2.15. The third-order valence-corrected chi connectivity index (χ3v) is 3.15. The zero-order valence-corrected chi connectivity index (χ0v) is 12.5. The molecule has 1 heterocycles. The van der Waals surface area contributed by atoms with Crippen molar-refractivity contribution in [2.75, 3.05) is 26.8 Å². The second-order valence-corrected chi connectivity index (χ2v) is 4.61. The first-order valence-electron chi connectivity index (χ1n) is 6.90. The van der Waals surface area contributed by atoms with E-state index < -0.39 is 0 Å². The summed E-state index contributed by atoms with van der Waals surface area (Å²) in [6, 6.07) is 9.02. The molecule has 0 unspecified atom stereocenters. The Morgan fingerprint density at radius 1 is 1.41 bits per heavy atom. The Morgan fingerprint density at radius 2 is 2.14 bits per heavy atom. The molecule has 0 fully saturated rings. The maximum Gasteiger partial charge on any atom is 0.274 e. The molecule has 1 aromatic carbocycles. The van der Waals surface area contributed by atoms with Crippen LogP contribution in [-0.2, 0) is 0 Å². The second-order valence-electron chi connectivity index (χ2n) is 4.61. The Labute approximate surface area is 129 Å². The number of hydrogen-bond donors (Lipinski definition) is 1. The molecule has 1 N–H and O–H groups in total. The molecule has 2 aromatic rings. The van der Waals surface area contributed by atoms with Crippen molar-refractivity contribution in [2.24, 2.45) is 0 Å². The van der Waals surface area contributed by atoms with E-state index in [0.29, 0.717) is 12.2 Å².